The van der Waals surface area contributed by atoms with E-state index >= 15 is 0 Å². The SMILES string of the molecule is Cc1nc(C2(c3ccccc3)CCN(C(=O)[C@H](N)CC(N)=O)CC2)cs1. The summed E-state index contributed by atoms with van der Waals surface area (Å²) < 4.78 is 0. The first kappa shape index (κ1) is 18.5. The van der Waals surface area contributed by atoms with E-state index < -0.39 is 11.9 Å². The molecule has 1 atom stereocenters. The molecule has 0 unspecified atom stereocenters. The number of nitrogens with two attached hydrogens (primary N) is 2. The zero-order chi connectivity index (χ0) is 18.7. The Bertz CT molecular complexity index is 782. The van der Waals surface area contributed by atoms with Gasteiger partial charge < -0.3 is 16.4 Å². The smallest absolute Gasteiger partial charge is 0.240 e. The highest BCUT2D eigenvalue weighted by Crippen LogP contribution is 2.42. The van der Waals surface area contributed by atoms with E-state index in [0.29, 0.717) is 13.1 Å². The fraction of sp³-hybridized carbons (Fsp3) is 0.421. The maximum Gasteiger partial charge on any atom is 0.240 e. The van der Waals surface area contributed by atoms with E-state index in [1.807, 2.05) is 25.1 Å². The van der Waals surface area contributed by atoms with E-state index in [9.17, 15) is 9.59 Å². The predicted molar refractivity (Wildman–Crippen MR) is 102 cm³/mol. The van der Waals surface area contributed by atoms with Gasteiger partial charge in [0.15, 0.2) is 0 Å². The number of benzene rings is 1. The zero-order valence-electron chi connectivity index (χ0n) is 14.9. The summed E-state index contributed by atoms with van der Waals surface area (Å²) in [5.41, 5.74) is 13.1. The Labute approximate surface area is 157 Å². The van der Waals surface area contributed by atoms with Gasteiger partial charge in [-0.15, -0.1) is 11.3 Å². The Hall–Kier alpha value is -2.25. The van der Waals surface area contributed by atoms with Crippen molar-refractivity contribution in [1.29, 1.82) is 0 Å². The monoisotopic (exact) mass is 372 g/mol. The second kappa shape index (κ2) is 7.55. The third-order valence-corrected chi connectivity index (χ3v) is 5.88. The minimum atomic E-state index is -0.863. The maximum atomic E-state index is 12.5. The van der Waals surface area contributed by atoms with Crippen LogP contribution in [0.2, 0.25) is 0 Å². The van der Waals surface area contributed by atoms with Crippen LogP contribution in [0.1, 0.15) is 35.5 Å². The van der Waals surface area contributed by atoms with Gasteiger partial charge in [0.2, 0.25) is 11.8 Å². The molecule has 0 bridgehead atoms. The number of hydrogen-bond donors (Lipinski definition) is 2. The van der Waals surface area contributed by atoms with Crippen molar-refractivity contribution in [3.63, 3.8) is 0 Å². The van der Waals surface area contributed by atoms with Gasteiger partial charge in [0.1, 0.15) is 0 Å². The maximum absolute atomic E-state index is 12.5. The topological polar surface area (TPSA) is 102 Å². The van der Waals surface area contributed by atoms with Crippen LogP contribution in [0.3, 0.4) is 0 Å². The molecule has 1 saturated heterocycles. The Kier molecular flexibility index (Phi) is 5.38. The summed E-state index contributed by atoms with van der Waals surface area (Å²) in [7, 11) is 0. The molecule has 2 heterocycles. The van der Waals surface area contributed by atoms with Gasteiger partial charge in [0.25, 0.3) is 0 Å². The lowest BCUT2D eigenvalue weighted by molar-refractivity contribution is -0.136. The first-order valence-corrected chi connectivity index (χ1v) is 9.61. The van der Waals surface area contributed by atoms with Crippen LogP contribution in [0.4, 0.5) is 0 Å². The molecule has 0 aliphatic carbocycles. The number of likely N-dealkylation sites (tertiary alicyclic amines) is 1. The summed E-state index contributed by atoms with van der Waals surface area (Å²) in [5, 5.41) is 3.16. The number of piperidine rings is 1. The number of nitrogens with zero attached hydrogens (tertiary/aromatic N) is 2. The van der Waals surface area contributed by atoms with Crippen LogP contribution in [0, 0.1) is 6.92 Å². The van der Waals surface area contributed by atoms with E-state index in [2.05, 4.69) is 17.5 Å². The van der Waals surface area contributed by atoms with Gasteiger partial charge in [0.05, 0.1) is 23.2 Å². The summed E-state index contributed by atoms with van der Waals surface area (Å²) >= 11 is 1.65. The lowest BCUT2D eigenvalue weighted by Crippen LogP contribution is -2.51. The summed E-state index contributed by atoms with van der Waals surface area (Å²) in [6.45, 7) is 3.17. The van der Waals surface area contributed by atoms with Gasteiger partial charge >= 0.3 is 0 Å². The predicted octanol–water partition coefficient (Wildman–Crippen LogP) is 1.56. The summed E-state index contributed by atoms with van der Waals surface area (Å²) in [6.07, 6.45) is 1.43. The fourth-order valence-electron chi connectivity index (χ4n) is 3.68. The Morgan fingerprint density at radius 3 is 2.46 bits per heavy atom. The molecule has 138 valence electrons. The Morgan fingerprint density at radius 1 is 1.27 bits per heavy atom. The van der Waals surface area contributed by atoms with Crippen molar-refractivity contribution < 1.29 is 9.59 Å². The molecule has 2 aromatic rings. The molecular formula is C19H24N4O2S. The number of carbonyl (C=O) groups is 2. The van der Waals surface area contributed by atoms with Crippen LogP contribution >= 0.6 is 11.3 Å². The highest BCUT2D eigenvalue weighted by atomic mass is 32.1. The van der Waals surface area contributed by atoms with Crippen molar-refractivity contribution in [3.8, 4) is 0 Å². The largest absolute Gasteiger partial charge is 0.370 e. The second-order valence-corrected chi connectivity index (χ2v) is 7.86. The molecule has 1 aromatic carbocycles. The minimum Gasteiger partial charge on any atom is -0.370 e. The summed E-state index contributed by atoms with van der Waals surface area (Å²) in [6, 6.07) is 9.48. The summed E-state index contributed by atoms with van der Waals surface area (Å²) in [4.78, 5) is 30.0. The van der Waals surface area contributed by atoms with Crippen molar-refractivity contribution in [2.45, 2.75) is 37.6 Å². The molecule has 1 fully saturated rings. The van der Waals surface area contributed by atoms with Crippen LogP contribution in [-0.4, -0.2) is 40.8 Å². The molecule has 1 aliphatic rings. The van der Waals surface area contributed by atoms with Crippen LogP contribution in [0.15, 0.2) is 35.7 Å². The molecule has 6 nitrogen and oxygen atoms in total. The molecule has 4 N–H and O–H groups in total. The number of thiazole rings is 1. The van der Waals surface area contributed by atoms with Gasteiger partial charge in [-0.1, -0.05) is 30.3 Å². The van der Waals surface area contributed by atoms with Crippen LogP contribution in [0.25, 0.3) is 0 Å². The number of aromatic nitrogens is 1. The van der Waals surface area contributed by atoms with Gasteiger partial charge in [0, 0.05) is 23.9 Å². The number of amides is 2. The van der Waals surface area contributed by atoms with Gasteiger partial charge in [-0.25, -0.2) is 4.98 Å². The average Bonchev–Trinajstić information content (AvgIpc) is 3.08. The van der Waals surface area contributed by atoms with E-state index in [1.165, 1.54) is 5.56 Å². The minimum absolute atomic E-state index is 0.121. The lowest BCUT2D eigenvalue weighted by Gasteiger charge is -2.42. The van der Waals surface area contributed by atoms with E-state index in [-0.39, 0.29) is 17.7 Å². The third kappa shape index (κ3) is 3.64. The molecule has 26 heavy (non-hydrogen) atoms. The summed E-state index contributed by atoms with van der Waals surface area (Å²) in [5.74, 6) is -0.764. The molecule has 2 amide bonds. The lowest BCUT2D eigenvalue weighted by atomic mass is 9.70. The molecule has 7 heteroatoms. The molecule has 3 rings (SSSR count). The van der Waals surface area contributed by atoms with E-state index in [0.717, 1.165) is 23.5 Å². The van der Waals surface area contributed by atoms with Crippen LogP contribution in [0.5, 0.6) is 0 Å². The second-order valence-electron chi connectivity index (χ2n) is 6.80. The highest BCUT2D eigenvalue weighted by molar-refractivity contribution is 7.09. The van der Waals surface area contributed by atoms with E-state index in [4.69, 9.17) is 16.5 Å². The van der Waals surface area contributed by atoms with Gasteiger partial charge in [-0.2, -0.15) is 0 Å². The number of rotatable bonds is 5. The third-order valence-electron chi connectivity index (χ3n) is 5.10. The molecule has 0 radical (unpaired) electrons. The number of carbonyl (C=O) groups excluding carboxylic acids is 2. The Morgan fingerprint density at radius 2 is 1.92 bits per heavy atom. The number of primary amides is 1. The molecule has 0 saturated carbocycles. The molecular weight excluding hydrogens is 348 g/mol. The van der Waals surface area contributed by atoms with Crippen molar-refractivity contribution in [3.05, 3.63) is 52.0 Å². The molecule has 0 spiro atoms. The van der Waals surface area contributed by atoms with E-state index in [1.54, 1.807) is 16.2 Å². The zero-order valence-corrected chi connectivity index (χ0v) is 15.7. The van der Waals surface area contributed by atoms with Gasteiger partial charge in [-0.05, 0) is 25.3 Å². The van der Waals surface area contributed by atoms with Crippen molar-refractivity contribution in [1.82, 2.24) is 9.88 Å². The van der Waals surface area contributed by atoms with Crippen LogP contribution < -0.4 is 11.5 Å². The van der Waals surface area contributed by atoms with Crippen molar-refractivity contribution in [2.75, 3.05) is 13.1 Å². The van der Waals surface area contributed by atoms with Crippen LogP contribution in [-0.2, 0) is 15.0 Å². The molecule has 1 aromatic heterocycles. The normalized spacial score (nSPS) is 17.7. The number of hydrogen-bond acceptors (Lipinski definition) is 5. The standard InChI is InChI=1S/C19H24N4O2S/c1-13-22-16(12-26-13)19(14-5-3-2-4-6-14)7-9-23(10-8-19)18(25)15(20)11-17(21)24/h2-6,12,15H,7-11,20H2,1H3,(H2,21,24)/t15-/m1/s1. The first-order chi connectivity index (χ1) is 12.4. The number of aryl methyl sites for hydroxylation is 1. The highest BCUT2D eigenvalue weighted by Gasteiger charge is 2.41. The van der Waals surface area contributed by atoms with Crippen molar-refractivity contribution >= 4 is 23.2 Å². The van der Waals surface area contributed by atoms with Gasteiger partial charge in [-0.3, -0.25) is 9.59 Å². The average molecular weight is 372 g/mol. The Balaban J connectivity index is 1.82. The van der Waals surface area contributed by atoms with Crippen molar-refractivity contribution in [2.24, 2.45) is 11.5 Å². The first-order valence-electron chi connectivity index (χ1n) is 8.73. The molecule has 1 aliphatic heterocycles. The fourth-order valence-corrected chi connectivity index (χ4v) is 4.39. The quantitative estimate of drug-likeness (QED) is 0.831.